The molecule has 0 radical (unpaired) electrons. The monoisotopic (exact) mass is 473 g/mol. The van der Waals surface area contributed by atoms with E-state index in [2.05, 4.69) is 19.2 Å². The van der Waals surface area contributed by atoms with Crippen molar-refractivity contribution in [2.75, 3.05) is 22.8 Å². The Kier molecular flexibility index (Phi) is 7.33. The number of hydrogen-bond donors (Lipinski definition) is 1. The highest BCUT2D eigenvalue weighted by molar-refractivity contribution is 6.43. The highest BCUT2D eigenvalue weighted by Gasteiger charge is 2.32. The normalized spacial score (nSPS) is 13.8. The molecule has 0 saturated heterocycles. The van der Waals surface area contributed by atoms with Gasteiger partial charge in [-0.25, -0.2) is 0 Å². The number of benzene rings is 3. The molecule has 0 aromatic heterocycles. The van der Waals surface area contributed by atoms with Crippen LogP contribution in [-0.4, -0.2) is 29.8 Å². The summed E-state index contributed by atoms with van der Waals surface area (Å²) in [5.41, 5.74) is 4.43. The summed E-state index contributed by atoms with van der Waals surface area (Å²) in [7, 11) is 0. The van der Waals surface area contributed by atoms with E-state index < -0.39 is 0 Å². The van der Waals surface area contributed by atoms with E-state index in [1.54, 1.807) is 12.1 Å². The molecule has 1 heterocycles. The molecule has 6 heteroatoms. The minimum atomic E-state index is -0.251. The van der Waals surface area contributed by atoms with Crippen LogP contribution in [0.3, 0.4) is 0 Å². The molecule has 174 valence electrons. The Morgan fingerprint density at radius 3 is 2.09 bits per heavy atom. The van der Waals surface area contributed by atoms with Crippen molar-refractivity contribution in [3.8, 4) is 0 Å². The summed E-state index contributed by atoms with van der Waals surface area (Å²) in [6.45, 7) is 5.52. The van der Waals surface area contributed by atoms with Crippen molar-refractivity contribution in [2.24, 2.45) is 0 Å². The number of rotatable bonds is 8. The van der Waals surface area contributed by atoms with E-state index in [0.29, 0.717) is 41.2 Å². The number of carbonyl (C=O) groups excluding carboxylic acids is 2. The van der Waals surface area contributed by atoms with Crippen molar-refractivity contribution in [3.05, 3.63) is 95.6 Å². The van der Waals surface area contributed by atoms with Crippen LogP contribution in [0.2, 0.25) is 0 Å². The molecule has 0 atom stereocenters. The molecule has 0 fully saturated rings. The van der Waals surface area contributed by atoms with Crippen LogP contribution in [0.1, 0.15) is 48.2 Å². The number of hydrogen-bond acceptors (Lipinski definition) is 3. The molecule has 5 nitrogen and oxygen atoms in total. The van der Waals surface area contributed by atoms with Crippen LogP contribution in [0.25, 0.3) is 11.3 Å². The molecule has 0 unspecified atom stereocenters. The minimum absolute atomic E-state index is 0.0303. The van der Waals surface area contributed by atoms with E-state index in [1.807, 2.05) is 71.6 Å². The lowest BCUT2D eigenvalue weighted by molar-refractivity contribution is -0.110. The van der Waals surface area contributed by atoms with E-state index in [-0.39, 0.29) is 11.8 Å². The SMILES string of the molecule is CCCN(CCC)C(=O)c1ccc2c(c1)C(=C(c1ccccc1)N(Cl)c1ccccc1)C(=O)N2. The summed E-state index contributed by atoms with van der Waals surface area (Å²) < 4.78 is 1.51. The molecule has 4 rings (SSSR count). The molecule has 3 aromatic carbocycles. The van der Waals surface area contributed by atoms with E-state index in [0.717, 1.165) is 24.1 Å². The number of amides is 2. The number of para-hydroxylation sites is 1. The van der Waals surface area contributed by atoms with Gasteiger partial charge in [0.25, 0.3) is 11.8 Å². The van der Waals surface area contributed by atoms with Crippen LogP contribution < -0.4 is 9.74 Å². The van der Waals surface area contributed by atoms with E-state index in [9.17, 15) is 9.59 Å². The fraction of sp³-hybridized carbons (Fsp3) is 0.214. The molecule has 0 bridgehead atoms. The molecule has 1 aliphatic rings. The Morgan fingerprint density at radius 2 is 1.47 bits per heavy atom. The van der Waals surface area contributed by atoms with E-state index in [4.69, 9.17) is 11.8 Å². The first-order valence-electron chi connectivity index (χ1n) is 11.6. The second kappa shape index (κ2) is 10.6. The maximum atomic E-state index is 13.3. The Hall–Kier alpha value is -3.57. The third-order valence-electron chi connectivity index (χ3n) is 5.75. The maximum absolute atomic E-state index is 13.3. The van der Waals surface area contributed by atoms with Crippen LogP contribution in [-0.2, 0) is 4.79 Å². The average Bonchev–Trinajstić information content (AvgIpc) is 3.19. The Balaban J connectivity index is 1.87. The lowest BCUT2D eigenvalue weighted by atomic mass is 9.98. The zero-order chi connectivity index (χ0) is 24.1. The lowest BCUT2D eigenvalue weighted by Crippen LogP contribution is -2.32. The number of nitrogens with one attached hydrogen (secondary N) is 1. The second-order valence-corrected chi connectivity index (χ2v) is 8.55. The van der Waals surface area contributed by atoms with Crippen molar-refractivity contribution < 1.29 is 9.59 Å². The van der Waals surface area contributed by atoms with Crippen molar-refractivity contribution in [1.82, 2.24) is 4.90 Å². The molecule has 2 amide bonds. The van der Waals surface area contributed by atoms with Crippen molar-refractivity contribution in [2.45, 2.75) is 26.7 Å². The zero-order valence-corrected chi connectivity index (χ0v) is 20.2. The third-order valence-corrected chi connectivity index (χ3v) is 6.11. The largest absolute Gasteiger partial charge is 0.339 e. The number of halogens is 1. The van der Waals surface area contributed by atoms with Gasteiger partial charge in [-0.2, -0.15) is 0 Å². The summed E-state index contributed by atoms with van der Waals surface area (Å²) in [4.78, 5) is 28.4. The summed E-state index contributed by atoms with van der Waals surface area (Å²) in [6.07, 6.45) is 1.77. The average molecular weight is 474 g/mol. The maximum Gasteiger partial charge on any atom is 0.258 e. The second-order valence-electron chi connectivity index (χ2n) is 8.21. The standard InChI is InChI=1S/C28H28ClN3O2/c1-3-17-31(18-4-2)28(34)21-15-16-24-23(19-21)25(27(33)30-24)26(20-11-7-5-8-12-20)32(29)22-13-9-6-10-14-22/h5-16,19H,3-4,17-18H2,1-2H3,(H,30,33). The number of carbonyl (C=O) groups is 2. The summed E-state index contributed by atoms with van der Waals surface area (Å²) in [5.74, 6) is -0.281. The van der Waals surface area contributed by atoms with E-state index in [1.165, 1.54) is 4.42 Å². The summed E-state index contributed by atoms with van der Waals surface area (Å²) >= 11 is 6.87. The van der Waals surface area contributed by atoms with Gasteiger partial charge in [-0.3, -0.25) is 14.0 Å². The fourth-order valence-electron chi connectivity index (χ4n) is 4.21. The van der Waals surface area contributed by atoms with Gasteiger partial charge in [-0.1, -0.05) is 62.4 Å². The number of nitrogens with zero attached hydrogens (tertiary/aromatic N) is 2. The van der Waals surface area contributed by atoms with Gasteiger partial charge in [0, 0.05) is 47.2 Å². The molecular weight excluding hydrogens is 446 g/mol. The van der Waals surface area contributed by atoms with Gasteiger partial charge in [-0.15, -0.1) is 0 Å². The highest BCUT2D eigenvalue weighted by Crippen LogP contribution is 2.41. The lowest BCUT2D eigenvalue weighted by Gasteiger charge is -2.23. The molecule has 1 N–H and O–H groups in total. The molecule has 0 spiro atoms. The Morgan fingerprint density at radius 1 is 0.853 bits per heavy atom. The van der Waals surface area contributed by atoms with E-state index >= 15 is 0 Å². The summed E-state index contributed by atoms with van der Waals surface area (Å²) in [6, 6.07) is 24.4. The van der Waals surface area contributed by atoms with Crippen molar-refractivity contribution in [3.63, 3.8) is 0 Å². The smallest absolute Gasteiger partial charge is 0.258 e. The highest BCUT2D eigenvalue weighted by atomic mass is 35.5. The molecule has 0 saturated carbocycles. The van der Waals surface area contributed by atoms with Gasteiger partial charge in [-0.05, 0) is 43.2 Å². The van der Waals surface area contributed by atoms with Gasteiger partial charge in [0.1, 0.15) is 0 Å². The zero-order valence-electron chi connectivity index (χ0n) is 19.4. The van der Waals surface area contributed by atoms with Crippen molar-refractivity contribution >= 4 is 46.2 Å². The van der Waals surface area contributed by atoms with Gasteiger partial charge in [0.05, 0.1) is 17.0 Å². The van der Waals surface area contributed by atoms with Crippen LogP contribution in [0.5, 0.6) is 0 Å². The first-order valence-corrected chi connectivity index (χ1v) is 11.9. The molecule has 1 aliphatic heterocycles. The van der Waals surface area contributed by atoms with Gasteiger partial charge in [0.15, 0.2) is 0 Å². The van der Waals surface area contributed by atoms with Crippen LogP contribution in [0.15, 0.2) is 78.9 Å². The molecule has 34 heavy (non-hydrogen) atoms. The summed E-state index contributed by atoms with van der Waals surface area (Å²) in [5, 5.41) is 2.94. The van der Waals surface area contributed by atoms with Crippen LogP contribution in [0, 0.1) is 0 Å². The first-order chi connectivity index (χ1) is 16.5. The predicted octanol–water partition coefficient (Wildman–Crippen LogP) is 6.43. The quantitative estimate of drug-likeness (QED) is 0.303. The van der Waals surface area contributed by atoms with Gasteiger partial charge < -0.3 is 10.2 Å². The van der Waals surface area contributed by atoms with Crippen LogP contribution >= 0.6 is 11.8 Å². The minimum Gasteiger partial charge on any atom is -0.339 e. The molecule has 0 aliphatic carbocycles. The number of anilines is 2. The molecular formula is C28H28ClN3O2. The fourth-order valence-corrected chi connectivity index (χ4v) is 4.51. The van der Waals surface area contributed by atoms with Crippen molar-refractivity contribution in [1.29, 1.82) is 0 Å². The third kappa shape index (κ3) is 4.70. The molecule has 3 aromatic rings. The Bertz CT molecular complexity index is 1200. The first kappa shape index (κ1) is 23.6. The predicted molar refractivity (Wildman–Crippen MR) is 140 cm³/mol. The van der Waals surface area contributed by atoms with Crippen LogP contribution in [0.4, 0.5) is 11.4 Å². The topological polar surface area (TPSA) is 52.7 Å². The van der Waals surface area contributed by atoms with Gasteiger partial charge >= 0.3 is 0 Å². The van der Waals surface area contributed by atoms with Gasteiger partial charge in [0.2, 0.25) is 0 Å². The number of fused-ring (bicyclic) bond motifs is 1. The Labute approximate surface area is 205 Å².